The molecule has 1 fully saturated rings. The van der Waals surface area contributed by atoms with Crippen molar-refractivity contribution in [2.24, 2.45) is 0 Å². The highest BCUT2D eigenvalue weighted by Crippen LogP contribution is 2.40. The maximum atomic E-state index is 14.7. The summed E-state index contributed by atoms with van der Waals surface area (Å²) in [4.78, 5) is 29.2. The third kappa shape index (κ3) is 4.25. The quantitative estimate of drug-likeness (QED) is 0.405. The Balaban J connectivity index is 2.11. The summed E-state index contributed by atoms with van der Waals surface area (Å²) in [6.45, 7) is 6.36. The summed E-state index contributed by atoms with van der Waals surface area (Å²) < 4.78 is 14.7. The van der Waals surface area contributed by atoms with Crippen LogP contribution in [-0.4, -0.2) is 52.8 Å². The number of likely N-dealkylation sites (N-methyl/N-ethyl adjacent to an activating group) is 1. The number of likely N-dealkylation sites (tertiary alicyclic amines) is 1. The molecule has 5 nitrogen and oxygen atoms in total. The topological polar surface area (TPSA) is 60.9 Å². The van der Waals surface area contributed by atoms with Crippen LogP contribution in [0.2, 0.25) is 5.02 Å². The average Bonchev–Trinajstić information content (AvgIpc) is 2.99. The first kappa shape index (κ1) is 22.0. The first-order valence-electron chi connectivity index (χ1n) is 9.90. The minimum absolute atomic E-state index is 0.119. The molecule has 0 unspecified atom stereocenters. The van der Waals surface area contributed by atoms with Crippen LogP contribution in [0.5, 0.6) is 0 Å². The number of carbonyl (C=O) groups excluding carboxylic acids is 2. The second kappa shape index (κ2) is 9.41. The maximum Gasteiger partial charge on any atom is 0.295 e. The standard InChI is InChI=1S/C23H24ClFN2O3/c1-3-26(4-2)13-14-27-20(17-7-5-6-8-18(17)25)19(22(29)23(27)30)21(28)15-9-11-16(24)12-10-15/h5-12,20,28H,3-4,13-14H2,1-2H3/t20-/m0/s1. The summed E-state index contributed by atoms with van der Waals surface area (Å²) in [5, 5.41) is 11.4. The van der Waals surface area contributed by atoms with Gasteiger partial charge in [-0.3, -0.25) is 9.59 Å². The second-order valence-corrected chi connectivity index (χ2v) is 7.48. The van der Waals surface area contributed by atoms with E-state index < -0.39 is 23.5 Å². The molecule has 1 atom stereocenters. The molecule has 30 heavy (non-hydrogen) atoms. The van der Waals surface area contributed by atoms with Gasteiger partial charge in [-0.2, -0.15) is 0 Å². The fourth-order valence-electron chi connectivity index (χ4n) is 3.68. The lowest BCUT2D eigenvalue weighted by Crippen LogP contribution is -2.38. The zero-order valence-corrected chi connectivity index (χ0v) is 17.7. The van der Waals surface area contributed by atoms with Gasteiger partial charge in [0.25, 0.3) is 11.7 Å². The number of ketones is 1. The van der Waals surface area contributed by atoms with Gasteiger partial charge in [-0.15, -0.1) is 0 Å². The van der Waals surface area contributed by atoms with Gasteiger partial charge < -0.3 is 14.9 Å². The van der Waals surface area contributed by atoms with E-state index in [1.165, 1.54) is 17.0 Å². The van der Waals surface area contributed by atoms with Gasteiger partial charge in [0.2, 0.25) is 0 Å². The van der Waals surface area contributed by atoms with Gasteiger partial charge in [-0.1, -0.05) is 43.6 Å². The molecular weight excluding hydrogens is 407 g/mol. The zero-order valence-electron chi connectivity index (χ0n) is 16.9. The van der Waals surface area contributed by atoms with Gasteiger partial charge in [0.15, 0.2) is 0 Å². The van der Waals surface area contributed by atoms with Crippen molar-refractivity contribution < 1.29 is 19.1 Å². The molecule has 1 aliphatic heterocycles. The third-order valence-electron chi connectivity index (χ3n) is 5.41. The molecule has 0 spiro atoms. The molecule has 7 heteroatoms. The molecule has 3 rings (SSSR count). The molecule has 0 bridgehead atoms. The molecule has 0 aliphatic carbocycles. The highest BCUT2D eigenvalue weighted by Gasteiger charge is 2.46. The lowest BCUT2D eigenvalue weighted by atomic mass is 9.95. The molecule has 1 heterocycles. The summed E-state index contributed by atoms with van der Waals surface area (Å²) >= 11 is 5.91. The van der Waals surface area contributed by atoms with Gasteiger partial charge in [0.05, 0.1) is 11.6 Å². The zero-order chi connectivity index (χ0) is 21.8. The van der Waals surface area contributed by atoms with Gasteiger partial charge in [-0.25, -0.2) is 4.39 Å². The van der Waals surface area contributed by atoms with Crippen LogP contribution in [0.25, 0.3) is 5.76 Å². The maximum absolute atomic E-state index is 14.7. The number of Topliss-reactive ketones (excluding diaryl/α,β-unsaturated/α-hetero) is 1. The van der Waals surface area contributed by atoms with Crippen molar-refractivity contribution >= 4 is 29.1 Å². The van der Waals surface area contributed by atoms with Gasteiger partial charge >= 0.3 is 0 Å². The number of carbonyl (C=O) groups is 2. The van der Waals surface area contributed by atoms with E-state index in [1.807, 2.05) is 13.8 Å². The van der Waals surface area contributed by atoms with E-state index >= 15 is 0 Å². The fourth-order valence-corrected chi connectivity index (χ4v) is 3.81. The van der Waals surface area contributed by atoms with Gasteiger partial charge in [-0.05, 0) is 43.4 Å². The Morgan fingerprint density at radius 1 is 1.10 bits per heavy atom. The van der Waals surface area contributed by atoms with Crippen LogP contribution < -0.4 is 0 Å². The Morgan fingerprint density at radius 2 is 1.73 bits per heavy atom. The predicted molar refractivity (Wildman–Crippen MR) is 115 cm³/mol. The number of nitrogens with zero attached hydrogens (tertiary/aromatic N) is 2. The summed E-state index contributed by atoms with van der Waals surface area (Å²) in [7, 11) is 0. The number of hydrogen-bond donors (Lipinski definition) is 1. The van der Waals surface area contributed by atoms with Crippen molar-refractivity contribution in [3.8, 4) is 0 Å². The SMILES string of the molecule is CCN(CC)CCN1C(=O)C(=O)C(=C(O)c2ccc(Cl)cc2)[C@@H]1c1ccccc1F. The van der Waals surface area contributed by atoms with E-state index in [4.69, 9.17) is 11.6 Å². The molecule has 0 saturated carbocycles. The van der Waals surface area contributed by atoms with E-state index in [9.17, 15) is 19.1 Å². The molecule has 1 aliphatic rings. The molecular formula is C23H24ClFN2O3. The summed E-state index contributed by atoms with van der Waals surface area (Å²) in [5.74, 6) is -2.45. The lowest BCUT2D eigenvalue weighted by Gasteiger charge is -2.28. The first-order valence-corrected chi connectivity index (χ1v) is 10.3. The number of amides is 1. The molecule has 2 aromatic rings. The molecule has 1 amide bonds. The highest BCUT2D eigenvalue weighted by atomic mass is 35.5. The van der Waals surface area contributed by atoms with E-state index in [1.54, 1.807) is 36.4 Å². The molecule has 2 aromatic carbocycles. The summed E-state index contributed by atoms with van der Waals surface area (Å²) in [5.41, 5.74) is 0.390. The third-order valence-corrected chi connectivity index (χ3v) is 5.66. The molecule has 0 aromatic heterocycles. The predicted octanol–water partition coefficient (Wildman–Crippen LogP) is 4.24. The van der Waals surface area contributed by atoms with Crippen molar-refractivity contribution in [2.75, 3.05) is 26.2 Å². The molecule has 0 radical (unpaired) electrons. The average molecular weight is 431 g/mol. The van der Waals surface area contributed by atoms with Crippen LogP contribution in [0.15, 0.2) is 54.1 Å². The lowest BCUT2D eigenvalue weighted by molar-refractivity contribution is -0.140. The van der Waals surface area contributed by atoms with Gasteiger partial charge in [0, 0.05) is 29.2 Å². The number of aliphatic hydroxyl groups is 1. The highest BCUT2D eigenvalue weighted by molar-refractivity contribution is 6.46. The fraction of sp³-hybridized carbons (Fsp3) is 0.304. The van der Waals surface area contributed by atoms with Crippen molar-refractivity contribution in [1.82, 2.24) is 9.80 Å². The van der Waals surface area contributed by atoms with Crippen molar-refractivity contribution in [1.29, 1.82) is 0 Å². The monoisotopic (exact) mass is 430 g/mol. The Kier molecular flexibility index (Phi) is 6.90. The molecule has 1 saturated heterocycles. The van der Waals surface area contributed by atoms with Crippen molar-refractivity contribution in [2.45, 2.75) is 19.9 Å². The van der Waals surface area contributed by atoms with Gasteiger partial charge in [0.1, 0.15) is 11.6 Å². The molecule has 1 N–H and O–H groups in total. The smallest absolute Gasteiger partial charge is 0.295 e. The van der Waals surface area contributed by atoms with Crippen LogP contribution in [-0.2, 0) is 9.59 Å². The summed E-state index contributed by atoms with van der Waals surface area (Å²) in [6.07, 6.45) is 0. The van der Waals surface area contributed by atoms with Crippen LogP contribution in [0.4, 0.5) is 4.39 Å². The Hall–Kier alpha value is -2.70. The summed E-state index contributed by atoms with van der Waals surface area (Å²) in [6, 6.07) is 11.3. The second-order valence-electron chi connectivity index (χ2n) is 7.05. The first-order chi connectivity index (χ1) is 14.4. The minimum atomic E-state index is -1.00. The Bertz CT molecular complexity index is 971. The van der Waals surface area contributed by atoms with E-state index in [-0.39, 0.29) is 23.4 Å². The number of aliphatic hydroxyl groups excluding tert-OH is 1. The van der Waals surface area contributed by atoms with E-state index in [2.05, 4.69) is 4.90 Å². The van der Waals surface area contributed by atoms with Crippen LogP contribution >= 0.6 is 11.6 Å². The van der Waals surface area contributed by atoms with Crippen molar-refractivity contribution in [3.63, 3.8) is 0 Å². The molecule has 158 valence electrons. The number of hydrogen-bond acceptors (Lipinski definition) is 4. The Labute approximate surface area is 180 Å². The van der Waals surface area contributed by atoms with Crippen LogP contribution in [0, 0.1) is 5.82 Å². The van der Waals surface area contributed by atoms with Crippen LogP contribution in [0.3, 0.4) is 0 Å². The van der Waals surface area contributed by atoms with E-state index in [0.717, 1.165) is 13.1 Å². The minimum Gasteiger partial charge on any atom is -0.507 e. The largest absolute Gasteiger partial charge is 0.507 e. The number of rotatable bonds is 7. The van der Waals surface area contributed by atoms with E-state index in [0.29, 0.717) is 17.1 Å². The van der Waals surface area contributed by atoms with Crippen LogP contribution in [0.1, 0.15) is 31.0 Å². The van der Waals surface area contributed by atoms with Crippen molar-refractivity contribution in [3.05, 3.63) is 76.1 Å². The Morgan fingerprint density at radius 3 is 2.33 bits per heavy atom. The normalized spacial score (nSPS) is 18.4. The number of benzene rings is 2. The number of halogens is 2.